The van der Waals surface area contributed by atoms with E-state index in [2.05, 4.69) is 5.32 Å². The molecule has 142 valence electrons. The first-order valence-electron chi connectivity index (χ1n) is 8.32. The standard InChI is InChI=1S/C19H21N3O5/c1-21(2)19(24)11-10-14-6-5-7-15(12-14)20-18(23)13-27-17-9-4-3-8-16(17)22(25)26/h3-9,12H,10-11,13H2,1-2H3,(H,20,23). The number of aryl methyl sites for hydroxylation is 1. The maximum atomic E-state index is 12.1. The number of benzene rings is 2. The minimum atomic E-state index is -0.564. The fourth-order valence-electron chi connectivity index (χ4n) is 2.35. The van der Waals surface area contributed by atoms with Crippen LogP contribution >= 0.6 is 0 Å². The van der Waals surface area contributed by atoms with Gasteiger partial charge in [0.1, 0.15) is 0 Å². The van der Waals surface area contributed by atoms with Gasteiger partial charge in [0.25, 0.3) is 5.91 Å². The maximum Gasteiger partial charge on any atom is 0.310 e. The van der Waals surface area contributed by atoms with Crippen molar-refractivity contribution in [1.82, 2.24) is 4.90 Å². The number of nitrogens with zero attached hydrogens (tertiary/aromatic N) is 2. The lowest BCUT2D eigenvalue weighted by Gasteiger charge is -2.11. The van der Waals surface area contributed by atoms with Gasteiger partial charge in [0.15, 0.2) is 12.4 Å². The quantitative estimate of drug-likeness (QED) is 0.568. The molecule has 0 bridgehead atoms. The second-order valence-corrected chi connectivity index (χ2v) is 6.05. The van der Waals surface area contributed by atoms with E-state index in [0.29, 0.717) is 18.5 Å². The lowest BCUT2D eigenvalue weighted by Crippen LogP contribution is -2.22. The van der Waals surface area contributed by atoms with Crippen LogP contribution in [0.2, 0.25) is 0 Å². The third kappa shape index (κ3) is 6.10. The minimum absolute atomic E-state index is 0.0299. The van der Waals surface area contributed by atoms with Gasteiger partial charge in [-0.25, -0.2) is 0 Å². The van der Waals surface area contributed by atoms with E-state index in [4.69, 9.17) is 4.74 Å². The number of ether oxygens (including phenoxy) is 1. The molecule has 2 rings (SSSR count). The first-order valence-corrected chi connectivity index (χ1v) is 8.32. The molecular formula is C19H21N3O5. The van der Waals surface area contributed by atoms with Crippen molar-refractivity contribution < 1.29 is 19.2 Å². The van der Waals surface area contributed by atoms with E-state index < -0.39 is 10.8 Å². The molecule has 0 aliphatic carbocycles. The molecule has 0 fully saturated rings. The van der Waals surface area contributed by atoms with Gasteiger partial charge in [-0.2, -0.15) is 0 Å². The SMILES string of the molecule is CN(C)C(=O)CCc1cccc(NC(=O)COc2ccccc2[N+](=O)[O-])c1. The number of nitro benzene ring substituents is 1. The highest BCUT2D eigenvalue weighted by Crippen LogP contribution is 2.25. The Hall–Kier alpha value is -3.42. The zero-order valence-electron chi connectivity index (χ0n) is 15.2. The molecule has 8 nitrogen and oxygen atoms in total. The van der Waals surface area contributed by atoms with Crippen LogP contribution < -0.4 is 10.1 Å². The van der Waals surface area contributed by atoms with Crippen molar-refractivity contribution in [2.75, 3.05) is 26.0 Å². The monoisotopic (exact) mass is 371 g/mol. The van der Waals surface area contributed by atoms with Crippen molar-refractivity contribution in [3.63, 3.8) is 0 Å². The number of hydrogen-bond donors (Lipinski definition) is 1. The van der Waals surface area contributed by atoms with Gasteiger partial charge in [0, 0.05) is 32.3 Å². The first kappa shape index (κ1) is 19.9. The number of nitrogens with one attached hydrogen (secondary N) is 1. The number of hydrogen-bond acceptors (Lipinski definition) is 5. The highest BCUT2D eigenvalue weighted by molar-refractivity contribution is 5.92. The van der Waals surface area contributed by atoms with E-state index in [1.165, 1.54) is 23.1 Å². The molecule has 2 aromatic rings. The lowest BCUT2D eigenvalue weighted by molar-refractivity contribution is -0.385. The van der Waals surface area contributed by atoms with Crippen LogP contribution in [0, 0.1) is 10.1 Å². The Morgan fingerprint density at radius 2 is 1.89 bits per heavy atom. The van der Waals surface area contributed by atoms with Crippen molar-refractivity contribution in [2.24, 2.45) is 0 Å². The lowest BCUT2D eigenvalue weighted by atomic mass is 10.1. The minimum Gasteiger partial charge on any atom is -0.477 e. The van der Waals surface area contributed by atoms with Gasteiger partial charge in [-0.15, -0.1) is 0 Å². The summed E-state index contributed by atoms with van der Waals surface area (Å²) in [6.45, 7) is -0.353. The van der Waals surface area contributed by atoms with Gasteiger partial charge in [-0.3, -0.25) is 19.7 Å². The summed E-state index contributed by atoms with van der Waals surface area (Å²) >= 11 is 0. The van der Waals surface area contributed by atoms with Crippen LogP contribution in [0.25, 0.3) is 0 Å². The molecule has 0 saturated heterocycles. The van der Waals surface area contributed by atoms with Crippen LogP contribution in [0.1, 0.15) is 12.0 Å². The summed E-state index contributed by atoms with van der Waals surface area (Å²) in [4.78, 5) is 35.6. The predicted octanol–water partition coefficient (Wildman–Crippen LogP) is 2.63. The van der Waals surface area contributed by atoms with E-state index in [9.17, 15) is 19.7 Å². The molecule has 0 aliphatic heterocycles. The maximum absolute atomic E-state index is 12.1. The summed E-state index contributed by atoms with van der Waals surface area (Å²) in [5.41, 5.74) is 1.29. The van der Waals surface area contributed by atoms with Crippen molar-refractivity contribution in [3.05, 3.63) is 64.2 Å². The molecule has 0 spiro atoms. The molecular weight excluding hydrogens is 350 g/mol. The fourth-order valence-corrected chi connectivity index (χ4v) is 2.35. The molecule has 0 unspecified atom stereocenters. The topological polar surface area (TPSA) is 102 Å². The van der Waals surface area contributed by atoms with Gasteiger partial charge in [-0.05, 0) is 30.2 Å². The van der Waals surface area contributed by atoms with E-state index in [1.54, 1.807) is 38.4 Å². The van der Waals surface area contributed by atoms with Gasteiger partial charge >= 0.3 is 5.69 Å². The van der Waals surface area contributed by atoms with Crippen LogP contribution in [0.4, 0.5) is 11.4 Å². The summed E-state index contributed by atoms with van der Waals surface area (Å²) < 4.78 is 5.26. The fraction of sp³-hybridized carbons (Fsp3) is 0.263. The van der Waals surface area contributed by atoms with Crippen LogP contribution in [-0.4, -0.2) is 42.3 Å². The molecule has 8 heteroatoms. The van der Waals surface area contributed by atoms with Crippen molar-refractivity contribution in [2.45, 2.75) is 12.8 Å². The molecule has 2 aromatic carbocycles. The number of amides is 2. The van der Waals surface area contributed by atoms with Gasteiger partial charge in [0.05, 0.1) is 4.92 Å². The summed E-state index contributed by atoms with van der Waals surface area (Å²) in [5.74, 6) is -0.370. The highest BCUT2D eigenvalue weighted by atomic mass is 16.6. The van der Waals surface area contributed by atoms with Crippen molar-refractivity contribution in [3.8, 4) is 5.75 Å². The number of anilines is 1. The summed E-state index contributed by atoms with van der Waals surface area (Å²) in [5, 5.41) is 13.6. The zero-order valence-corrected chi connectivity index (χ0v) is 15.2. The summed E-state index contributed by atoms with van der Waals surface area (Å²) in [6, 6.07) is 13.0. The Balaban J connectivity index is 1.92. The molecule has 0 heterocycles. The van der Waals surface area contributed by atoms with E-state index in [0.717, 1.165) is 5.56 Å². The third-order valence-electron chi connectivity index (χ3n) is 3.76. The summed E-state index contributed by atoms with van der Waals surface area (Å²) in [7, 11) is 3.41. The van der Waals surface area contributed by atoms with Crippen LogP contribution in [0.3, 0.4) is 0 Å². The second kappa shape index (κ2) is 9.33. The average molecular weight is 371 g/mol. The second-order valence-electron chi connectivity index (χ2n) is 6.05. The Bertz CT molecular complexity index is 836. The molecule has 2 amide bonds. The number of rotatable bonds is 8. The van der Waals surface area contributed by atoms with Crippen molar-refractivity contribution >= 4 is 23.2 Å². The van der Waals surface area contributed by atoms with Crippen LogP contribution in [0.15, 0.2) is 48.5 Å². The van der Waals surface area contributed by atoms with Crippen LogP contribution in [0.5, 0.6) is 5.75 Å². The zero-order chi connectivity index (χ0) is 19.8. The number of nitro groups is 1. The molecule has 0 radical (unpaired) electrons. The number of para-hydroxylation sites is 2. The Morgan fingerprint density at radius 3 is 2.59 bits per heavy atom. The number of carbonyl (C=O) groups excluding carboxylic acids is 2. The Kier molecular flexibility index (Phi) is 6.87. The van der Waals surface area contributed by atoms with Gasteiger partial charge in [0.2, 0.25) is 5.91 Å². The van der Waals surface area contributed by atoms with E-state index >= 15 is 0 Å². The predicted molar refractivity (Wildman–Crippen MR) is 101 cm³/mol. The highest BCUT2D eigenvalue weighted by Gasteiger charge is 2.15. The Labute approximate surface area is 156 Å². The number of carbonyl (C=O) groups is 2. The first-order chi connectivity index (χ1) is 12.9. The van der Waals surface area contributed by atoms with E-state index in [1.807, 2.05) is 6.07 Å². The van der Waals surface area contributed by atoms with Gasteiger partial charge in [-0.1, -0.05) is 24.3 Å². The Morgan fingerprint density at radius 1 is 1.15 bits per heavy atom. The normalized spacial score (nSPS) is 10.1. The molecule has 1 N–H and O–H groups in total. The average Bonchev–Trinajstić information content (AvgIpc) is 2.64. The van der Waals surface area contributed by atoms with Gasteiger partial charge < -0.3 is 15.0 Å². The van der Waals surface area contributed by atoms with E-state index in [-0.39, 0.29) is 24.0 Å². The largest absolute Gasteiger partial charge is 0.477 e. The summed E-state index contributed by atoms with van der Waals surface area (Å²) in [6.07, 6.45) is 0.943. The molecule has 0 saturated carbocycles. The third-order valence-corrected chi connectivity index (χ3v) is 3.76. The molecule has 0 aliphatic rings. The van der Waals surface area contributed by atoms with Crippen molar-refractivity contribution in [1.29, 1.82) is 0 Å². The molecule has 27 heavy (non-hydrogen) atoms. The molecule has 0 aromatic heterocycles. The van der Waals surface area contributed by atoms with Crippen LogP contribution in [-0.2, 0) is 16.0 Å². The smallest absolute Gasteiger partial charge is 0.310 e. The molecule has 0 atom stereocenters.